The highest BCUT2D eigenvalue weighted by Crippen LogP contribution is 2.31. The van der Waals surface area contributed by atoms with Gasteiger partial charge in [-0.25, -0.2) is 4.98 Å². The Hall–Kier alpha value is -3.59. The van der Waals surface area contributed by atoms with Crippen molar-refractivity contribution in [3.05, 3.63) is 66.1 Å². The minimum atomic E-state index is 0.255. The number of ether oxygens (including phenoxy) is 1. The van der Waals surface area contributed by atoms with Gasteiger partial charge in [0.05, 0.1) is 4.88 Å². The van der Waals surface area contributed by atoms with Crippen LogP contribution in [0.25, 0.3) is 27.5 Å². The molecule has 0 fully saturated rings. The summed E-state index contributed by atoms with van der Waals surface area (Å²) in [7, 11) is 1.83. The molecule has 5 rings (SSSR count). The molecule has 0 unspecified atom stereocenters. The van der Waals surface area contributed by atoms with Crippen LogP contribution < -0.4 is 4.74 Å². The van der Waals surface area contributed by atoms with Crippen molar-refractivity contribution in [1.29, 1.82) is 0 Å². The molecule has 0 aliphatic carbocycles. The Morgan fingerprint density at radius 1 is 1.07 bits per heavy atom. The standard InChI is InChI=1S/C19H15N7OS/c1-25-17(20-12-21-25)11-27-19-14(13-6-3-2-4-7-13)10-16-22-23-18(26(16)24-19)15-8-5-9-28-15/h2-10,12H,11H2,1H3. The molecule has 138 valence electrons. The minimum absolute atomic E-state index is 0.255. The molecular formula is C19H15N7OS. The average molecular weight is 389 g/mol. The van der Waals surface area contributed by atoms with Gasteiger partial charge in [0.1, 0.15) is 12.9 Å². The maximum absolute atomic E-state index is 6.06. The van der Waals surface area contributed by atoms with Crippen molar-refractivity contribution in [2.75, 3.05) is 0 Å². The molecule has 0 aliphatic rings. The SMILES string of the molecule is Cn1ncnc1COc1nn2c(-c3cccs3)nnc2cc1-c1ccccc1. The van der Waals surface area contributed by atoms with E-state index in [4.69, 9.17) is 9.84 Å². The molecule has 0 amide bonds. The topological polar surface area (TPSA) is 83.0 Å². The van der Waals surface area contributed by atoms with E-state index >= 15 is 0 Å². The fourth-order valence-electron chi connectivity index (χ4n) is 2.89. The number of fused-ring (bicyclic) bond motifs is 1. The monoisotopic (exact) mass is 389 g/mol. The molecule has 0 aliphatic heterocycles. The highest BCUT2D eigenvalue weighted by Gasteiger charge is 2.17. The van der Waals surface area contributed by atoms with Crippen molar-refractivity contribution in [2.24, 2.45) is 7.05 Å². The first-order valence-electron chi connectivity index (χ1n) is 8.61. The lowest BCUT2D eigenvalue weighted by Crippen LogP contribution is -2.08. The largest absolute Gasteiger partial charge is 0.468 e. The number of nitrogens with zero attached hydrogens (tertiary/aromatic N) is 7. The van der Waals surface area contributed by atoms with Gasteiger partial charge in [-0.15, -0.1) is 26.6 Å². The third-order valence-electron chi connectivity index (χ3n) is 4.33. The molecule has 1 aromatic carbocycles. The number of thiophene rings is 1. The van der Waals surface area contributed by atoms with Gasteiger partial charge < -0.3 is 4.74 Å². The molecule has 0 atom stereocenters. The van der Waals surface area contributed by atoms with Gasteiger partial charge in [0.15, 0.2) is 17.3 Å². The minimum Gasteiger partial charge on any atom is -0.468 e. The molecule has 0 N–H and O–H groups in total. The fraction of sp³-hybridized carbons (Fsp3) is 0.105. The zero-order valence-electron chi connectivity index (χ0n) is 14.9. The Morgan fingerprint density at radius 3 is 2.71 bits per heavy atom. The van der Waals surface area contributed by atoms with Crippen molar-refractivity contribution < 1.29 is 4.74 Å². The van der Waals surface area contributed by atoms with Gasteiger partial charge in [-0.2, -0.15) is 9.61 Å². The van der Waals surface area contributed by atoms with Crippen LogP contribution in [0.5, 0.6) is 5.88 Å². The van der Waals surface area contributed by atoms with Crippen LogP contribution >= 0.6 is 11.3 Å². The lowest BCUT2D eigenvalue weighted by atomic mass is 10.1. The number of hydrogen-bond acceptors (Lipinski definition) is 7. The Morgan fingerprint density at radius 2 is 1.96 bits per heavy atom. The van der Waals surface area contributed by atoms with E-state index in [0.29, 0.717) is 23.2 Å². The van der Waals surface area contributed by atoms with Crippen LogP contribution in [0.1, 0.15) is 5.82 Å². The van der Waals surface area contributed by atoms with E-state index in [1.54, 1.807) is 20.5 Å². The summed E-state index contributed by atoms with van der Waals surface area (Å²) in [5, 5.41) is 19.4. The van der Waals surface area contributed by atoms with Crippen LogP contribution in [0.4, 0.5) is 0 Å². The van der Waals surface area contributed by atoms with Crippen molar-refractivity contribution in [3.8, 4) is 27.7 Å². The molecule has 5 aromatic rings. The van der Waals surface area contributed by atoms with Crippen molar-refractivity contribution in [2.45, 2.75) is 6.61 Å². The number of aryl methyl sites for hydroxylation is 1. The van der Waals surface area contributed by atoms with Crippen molar-refractivity contribution in [1.82, 2.24) is 34.6 Å². The van der Waals surface area contributed by atoms with Gasteiger partial charge in [0.25, 0.3) is 0 Å². The number of rotatable bonds is 5. The van der Waals surface area contributed by atoms with Gasteiger partial charge in [-0.1, -0.05) is 36.4 Å². The van der Waals surface area contributed by atoms with E-state index in [2.05, 4.69) is 20.3 Å². The summed E-state index contributed by atoms with van der Waals surface area (Å²) in [6, 6.07) is 15.9. The van der Waals surface area contributed by atoms with Crippen molar-refractivity contribution >= 4 is 17.0 Å². The number of benzene rings is 1. The van der Waals surface area contributed by atoms with E-state index in [1.807, 2.05) is 61.0 Å². The smallest absolute Gasteiger partial charge is 0.240 e. The van der Waals surface area contributed by atoms with E-state index in [0.717, 1.165) is 16.0 Å². The predicted molar refractivity (Wildman–Crippen MR) is 105 cm³/mol. The second-order valence-corrected chi connectivity index (χ2v) is 7.04. The Balaban J connectivity index is 1.63. The maximum Gasteiger partial charge on any atom is 0.240 e. The summed E-state index contributed by atoms with van der Waals surface area (Å²) >= 11 is 1.59. The molecule has 8 nitrogen and oxygen atoms in total. The quantitative estimate of drug-likeness (QED) is 0.459. The first-order valence-corrected chi connectivity index (χ1v) is 9.49. The van der Waals surface area contributed by atoms with E-state index in [9.17, 15) is 0 Å². The molecule has 9 heteroatoms. The van der Waals surface area contributed by atoms with Crippen LogP contribution in [0.15, 0.2) is 60.2 Å². The zero-order chi connectivity index (χ0) is 18.9. The number of aromatic nitrogens is 7. The Bertz CT molecular complexity index is 1230. The summed E-state index contributed by atoms with van der Waals surface area (Å²) in [6.45, 7) is 0.255. The van der Waals surface area contributed by atoms with Gasteiger partial charge in [0, 0.05) is 12.6 Å². The highest BCUT2D eigenvalue weighted by molar-refractivity contribution is 7.13. The average Bonchev–Trinajstić information content (AvgIpc) is 3.47. The summed E-state index contributed by atoms with van der Waals surface area (Å²) in [4.78, 5) is 5.21. The molecule has 4 aromatic heterocycles. The van der Waals surface area contributed by atoms with Gasteiger partial charge in [-0.3, -0.25) is 4.68 Å². The van der Waals surface area contributed by atoms with Gasteiger partial charge in [0.2, 0.25) is 5.88 Å². The molecule has 0 saturated heterocycles. The van der Waals surface area contributed by atoms with Crippen LogP contribution in [0.2, 0.25) is 0 Å². The van der Waals surface area contributed by atoms with E-state index in [1.165, 1.54) is 6.33 Å². The summed E-state index contributed by atoms with van der Waals surface area (Å²) in [5.41, 5.74) is 2.50. The molecule has 0 saturated carbocycles. The van der Waals surface area contributed by atoms with Gasteiger partial charge in [-0.05, 0) is 23.1 Å². The van der Waals surface area contributed by atoms with Crippen LogP contribution in [0.3, 0.4) is 0 Å². The molecule has 0 bridgehead atoms. The molecular weight excluding hydrogens is 374 g/mol. The Labute approximate surface area is 164 Å². The predicted octanol–water partition coefficient (Wildman–Crippen LogP) is 3.23. The lowest BCUT2D eigenvalue weighted by molar-refractivity contribution is 0.275. The number of hydrogen-bond donors (Lipinski definition) is 0. The lowest BCUT2D eigenvalue weighted by Gasteiger charge is -2.11. The summed E-state index contributed by atoms with van der Waals surface area (Å²) in [6.07, 6.45) is 1.50. The van der Waals surface area contributed by atoms with Crippen LogP contribution in [0, 0.1) is 0 Å². The van der Waals surface area contributed by atoms with E-state index in [-0.39, 0.29) is 6.61 Å². The summed E-state index contributed by atoms with van der Waals surface area (Å²) < 4.78 is 9.45. The van der Waals surface area contributed by atoms with Crippen LogP contribution in [-0.2, 0) is 13.7 Å². The highest BCUT2D eigenvalue weighted by atomic mass is 32.1. The first kappa shape index (κ1) is 16.6. The Kier molecular flexibility index (Phi) is 4.06. The van der Waals surface area contributed by atoms with Gasteiger partial charge >= 0.3 is 0 Å². The third-order valence-corrected chi connectivity index (χ3v) is 5.19. The molecule has 4 heterocycles. The fourth-order valence-corrected chi connectivity index (χ4v) is 3.58. The van der Waals surface area contributed by atoms with Crippen LogP contribution in [-0.4, -0.2) is 34.6 Å². The molecule has 28 heavy (non-hydrogen) atoms. The van der Waals surface area contributed by atoms with E-state index < -0.39 is 0 Å². The second-order valence-electron chi connectivity index (χ2n) is 6.09. The summed E-state index contributed by atoms with van der Waals surface area (Å²) in [5.74, 6) is 1.88. The first-order chi connectivity index (χ1) is 13.8. The molecule has 0 spiro atoms. The second kappa shape index (κ2) is 6.86. The zero-order valence-corrected chi connectivity index (χ0v) is 15.7. The maximum atomic E-state index is 6.06. The molecule has 0 radical (unpaired) electrons. The third kappa shape index (κ3) is 2.91. The van der Waals surface area contributed by atoms with Crippen molar-refractivity contribution in [3.63, 3.8) is 0 Å². The normalized spacial score (nSPS) is 11.2.